The summed E-state index contributed by atoms with van der Waals surface area (Å²) in [5.41, 5.74) is 2.10. The number of benzene rings is 2. The number of nitrogens with one attached hydrogen (secondary N) is 2. The first kappa shape index (κ1) is 25.0. The Labute approximate surface area is 210 Å². The molecule has 0 bridgehead atoms. The molecule has 1 heterocycles. The quantitative estimate of drug-likeness (QED) is 0.470. The van der Waals surface area contributed by atoms with Crippen LogP contribution in [0.4, 0.5) is 5.69 Å². The van der Waals surface area contributed by atoms with Gasteiger partial charge in [-0.3, -0.25) is 19.3 Å². The molecule has 36 heavy (non-hydrogen) atoms. The van der Waals surface area contributed by atoms with E-state index in [1.807, 2.05) is 25.1 Å². The van der Waals surface area contributed by atoms with E-state index in [0.29, 0.717) is 17.0 Å². The SMILES string of the molecule is COc1cccc(C(C(=O)NC2CCCC2)N(C(=O)CNC(=O)c2ccco2)c2cccc(C)c2)c1. The van der Waals surface area contributed by atoms with Gasteiger partial charge in [-0.25, -0.2) is 0 Å². The van der Waals surface area contributed by atoms with Gasteiger partial charge in [0.25, 0.3) is 5.91 Å². The molecule has 1 unspecified atom stereocenters. The van der Waals surface area contributed by atoms with E-state index < -0.39 is 17.9 Å². The summed E-state index contributed by atoms with van der Waals surface area (Å²) in [4.78, 5) is 41.4. The third-order valence-corrected chi connectivity index (χ3v) is 6.31. The summed E-state index contributed by atoms with van der Waals surface area (Å²) in [5, 5.41) is 5.76. The molecule has 1 fully saturated rings. The molecule has 3 aromatic rings. The van der Waals surface area contributed by atoms with Gasteiger partial charge >= 0.3 is 0 Å². The predicted molar refractivity (Wildman–Crippen MR) is 136 cm³/mol. The second kappa shape index (κ2) is 11.6. The lowest BCUT2D eigenvalue weighted by Crippen LogP contribution is -2.49. The van der Waals surface area contributed by atoms with Crippen molar-refractivity contribution in [1.29, 1.82) is 0 Å². The van der Waals surface area contributed by atoms with E-state index in [-0.39, 0.29) is 24.3 Å². The molecular weight excluding hydrogens is 458 g/mol. The second-order valence-electron chi connectivity index (χ2n) is 8.93. The van der Waals surface area contributed by atoms with E-state index in [9.17, 15) is 14.4 Å². The first-order valence-corrected chi connectivity index (χ1v) is 12.1. The molecule has 0 aliphatic heterocycles. The van der Waals surface area contributed by atoms with Crippen molar-refractivity contribution >= 4 is 23.4 Å². The van der Waals surface area contributed by atoms with E-state index in [4.69, 9.17) is 9.15 Å². The highest BCUT2D eigenvalue weighted by atomic mass is 16.5. The predicted octanol–water partition coefficient (Wildman–Crippen LogP) is 4.16. The highest BCUT2D eigenvalue weighted by Crippen LogP contribution is 2.31. The Morgan fingerprint density at radius 3 is 2.53 bits per heavy atom. The van der Waals surface area contributed by atoms with Gasteiger partial charge in [0.15, 0.2) is 5.76 Å². The smallest absolute Gasteiger partial charge is 0.287 e. The molecule has 0 saturated heterocycles. The minimum atomic E-state index is -0.962. The Bertz CT molecular complexity index is 1200. The number of ether oxygens (including phenoxy) is 1. The van der Waals surface area contributed by atoms with Gasteiger partial charge in [0.05, 0.1) is 19.9 Å². The zero-order chi connectivity index (χ0) is 25.5. The van der Waals surface area contributed by atoms with Crippen molar-refractivity contribution in [3.05, 3.63) is 83.8 Å². The van der Waals surface area contributed by atoms with Crippen molar-refractivity contribution in [1.82, 2.24) is 10.6 Å². The van der Waals surface area contributed by atoms with Crippen LogP contribution in [0, 0.1) is 6.92 Å². The average Bonchev–Trinajstić information content (AvgIpc) is 3.60. The molecule has 188 valence electrons. The molecule has 2 aromatic carbocycles. The first-order chi connectivity index (χ1) is 17.5. The molecule has 2 N–H and O–H groups in total. The highest BCUT2D eigenvalue weighted by molar-refractivity contribution is 6.04. The lowest BCUT2D eigenvalue weighted by Gasteiger charge is -2.32. The zero-order valence-corrected chi connectivity index (χ0v) is 20.5. The van der Waals surface area contributed by atoms with Gasteiger partial charge in [-0.2, -0.15) is 0 Å². The summed E-state index contributed by atoms with van der Waals surface area (Å²) in [6, 6.07) is 16.8. The van der Waals surface area contributed by atoms with E-state index in [0.717, 1.165) is 31.2 Å². The number of furan rings is 1. The maximum Gasteiger partial charge on any atom is 0.287 e. The second-order valence-corrected chi connectivity index (χ2v) is 8.93. The summed E-state index contributed by atoms with van der Waals surface area (Å²) in [7, 11) is 1.56. The minimum absolute atomic E-state index is 0.0683. The number of carbonyl (C=O) groups excluding carboxylic acids is 3. The van der Waals surface area contributed by atoms with Crippen LogP contribution in [0.1, 0.15) is 53.4 Å². The van der Waals surface area contributed by atoms with Crippen molar-refractivity contribution in [2.75, 3.05) is 18.6 Å². The van der Waals surface area contributed by atoms with Gasteiger partial charge < -0.3 is 19.8 Å². The molecular formula is C28H31N3O5. The molecule has 1 saturated carbocycles. The average molecular weight is 490 g/mol. The van der Waals surface area contributed by atoms with Crippen LogP contribution in [0.15, 0.2) is 71.3 Å². The Hall–Kier alpha value is -4.07. The fourth-order valence-electron chi connectivity index (χ4n) is 4.53. The van der Waals surface area contributed by atoms with Crippen LogP contribution in [0.2, 0.25) is 0 Å². The normalized spacial score (nSPS) is 14.2. The third kappa shape index (κ3) is 5.94. The van der Waals surface area contributed by atoms with Crippen molar-refractivity contribution in [2.24, 2.45) is 0 Å². The van der Waals surface area contributed by atoms with Crippen LogP contribution < -0.4 is 20.3 Å². The summed E-state index contributed by atoms with van der Waals surface area (Å²) in [6.07, 6.45) is 5.34. The number of methoxy groups -OCH3 is 1. The molecule has 8 heteroatoms. The zero-order valence-electron chi connectivity index (χ0n) is 20.5. The summed E-state index contributed by atoms with van der Waals surface area (Å²) >= 11 is 0. The van der Waals surface area contributed by atoms with Gasteiger partial charge in [-0.15, -0.1) is 0 Å². The number of hydrogen-bond acceptors (Lipinski definition) is 5. The summed E-state index contributed by atoms with van der Waals surface area (Å²) < 4.78 is 10.5. The largest absolute Gasteiger partial charge is 0.497 e. The van der Waals surface area contributed by atoms with Crippen LogP contribution in [-0.2, 0) is 9.59 Å². The molecule has 1 aliphatic carbocycles. The fourth-order valence-corrected chi connectivity index (χ4v) is 4.53. The monoisotopic (exact) mass is 489 g/mol. The lowest BCUT2D eigenvalue weighted by atomic mass is 10.0. The van der Waals surface area contributed by atoms with Gasteiger partial charge in [0, 0.05) is 11.7 Å². The van der Waals surface area contributed by atoms with Crippen LogP contribution >= 0.6 is 0 Å². The number of hydrogen-bond donors (Lipinski definition) is 2. The maximum absolute atomic E-state index is 13.8. The van der Waals surface area contributed by atoms with Crippen molar-refractivity contribution in [3.8, 4) is 5.75 Å². The molecule has 4 rings (SSSR count). The van der Waals surface area contributed by atoms with E-state index >= 15 is 0 Å². The Morgan fingerprint density at radius 2 is 1.83 bits per heavy atom. The van der Waals surface area contributed by atoms with Crippen LogP contribution in [0.25, 0.3) is 0 Å². The first-order valence-electron chi connectivity index (χ1n) is 12.1. The number of amides is 3. The van der Waals surface area contributed by atoms with Gasteiger partial charge in [-0.1, -0.05) is 37.1 Å². The number of anilines is 1. The fraction of sp³-hybridized carbons (Fsp3) is 0.321. The molecule has 0 spiro atoms. The van der Waals surface area contributed by atoms with Crippen molar-refractivity contribution in [3.63, 3.8) is 0 Å². The number of rotatable bonds is 9. The Kier molecular flexibility index (Phi) is 8.05. The van der Waals surface area contributed by atoms with E-state index in [1.54, 1.807) is 43.5 Å². The van der Waals surface area contributed by atoms with Crippen molar-refractivity contribution < 1.29 is 23.5 Å². The van der Waals surface area contributed by atoms with Gasteiger partial charge in [0.2, 0.25) is 11.8 Å². The number of carbonyl (C=O) groups is 3. The minimum Gasteiger partial charge on any atom is -0.497 e. The number of nitrogens with zero attached hydrogens (tertiary/aromatic N) is 1. The highest BCUT2D eigenvalue weighted by Gasteiger charge is 2.34. The van der Waals surface area contributed by atoms with Gasteiger partial charge in [0.1, 0.15) is 11.8 Å². The summed E-state index contributed by atoms with van der Waals surface area (Å²) in [6.45, 7) is 1.61. The summed E-state index contributed by atoms with van der Waals surface area (Å²) in [5.74, 6) is -0.537. The van der Waals surface area contributed by atoms with Crippen molar-refractivity contribution in [2.45, 2.75) is 44.7 Å². The molecule has 1 atom stereocenters. The topological polar surface area (TPSA) is 101 Å². The lowest BCUT2D eigenvalue weighted by molar-refractivity contribution is -0.126. The molecule has 3 amide bonds. The van der Waals surface area contributed by atoms with Crippen LogP contribution in [0.5, 0.6) is 5.75 Å². The maximum atomic E-state index is 13.8. The van der Waals surface area contributed by atoms with Crippen LogP contribution in [0.3, 0.4) is 0 Å². The Balaban J connectivity index is 1.70. The molecule has 1 aromatic heterocycles. The molecule has 0 radical (unpaired) electrons. The van der Waals surface area contributed by atoms with Crippen LogP contribution in [-0.4, -0.2) is 37.4 Å². The molecule has 1 aliphatic rings. The number of aryl methyl sites for hydroxylation is 1. The van der Waals surface area contributed by atoms with E-state index in [1.165, 1.54) is 17.2 Å². The third-order valence-electron chi connectivity index (χ3n) is 6.31. The molecule has 8 nitrogen and oxygen atoms in total. The van der Waals surface area contributed by atoms with Gasteiger partial charge in [-0.05, 0) is 67.3 Å². The van der Waals surface area contributed by atoms with E-state index in [2.05, 4.69) is 10.6 Å². The standard InChI is InChI=1S/C28H31N3O5/c1-19-8-5-12-22(16-19)31(25(32)18-29-27(33)24-14-7-15-36-24)26(20-9-6-13-23(17-20)35-2)28(34)30-21-10-3-4-11-21/h5-9,12-17,21,26H,3-4,10-11,18H2,1-2H3,(H,29,33)(H,30,34). The Morgan fingerprint density at radius 1 is 1.06 bits per heavy atom.